The van der Waals surface area contributed by atoms with Crippen molar-refractivity contribution in [2.75, 3.05) is 37.6 Å². The average molecular weight is 445 g/mol. The number of carbonyl (C=O) groups excluding carboxylic acids is 2. The lowest BCUT2D eigenvalue weighted by molar-refractivity contribution is -0.130. The van der Waals surface area contributed by atoms with Crippen molar-refractivity contribution >= 4 is 40.4 Å². The number of nitrogens with zero attached hydrogens (tertiary/aromatic N) is 3. The predicted octanol–water partition coefficient (Wildman–Crippen LogP) is 3.44. The molecule has 2 aromatic heterocycles. The van der Waals surface area contributed by atoms with Crippen LogP contribution in [-0.2, 0) is 4.79 Å². The van der Waals surface area contributed by atoms with Crippen LogP contribution in [0.1, 0.15) is 15.4 Å². The van der Waals surface area contributed by atoms with E-state index in [0.717, 1.165) is 23.7 Å². The Balaban J connectivity index is 1.29. The summed E-state index contributed by atoms with van der Waals surface area (Å²) < 4.78 is 5.34. The van der Waals surface area contributed by atoms with Crippen LogP contribution in [0.25, 0.3) is 10.8 Å². The number of anilines is 1. The molecule has 3 aromatic rings. The first-order chi connectivity index (χ1) is 14.5. The number of furan rings is 1. The minimum atomic E-state index is -0.354. The van der Waals surface area contributed by atoms with Gasteiger partial charge in [-0.25, -0.2) is 4.98 Å². The Hall–Kier alpha value is -2.84. The Bertz CT molecular complexity index is 1040. The molecule has 1 N–H and O–H groups in total. The summed E-state index contributed by atoms with van der Waals surface area (Å²) in [6.07, 6.45) is 1.57. The Morgan fingerprint density at radius 1 is 1.20 bits per heavy atom. The number of nitrogens with one attached hydrogen (secondary N) is 1. The number of aromatic nitrogens is 1. The fraction of sp³-hybridized carbons (Fsp3) is 0.286. The molecule has 0 saturated carbocycles. The van der Waals surface area contributed by atoms with Crippen molar-refractivity contribution in [1.29, 1.82) is 0 Å². The zero-order valence-corrected chi connectivity index (χ0v) is 18.0. The van der Waals surface area contributed by atoms with Gasteiger partial charge >= 0.3 is 0 Å². The molecule has 7 nitrogen and oxygen atoms in total. The number of aryl methyl sites for hydroxylation is 1. The van der Waals surface area contributed by atoms with E-state index in [0.29, 0.717) is 34.6 Å². The van der Waals surface area contributed by atoms with Crippen LogP contribution in [0.5, 0.6) is 0 Å². The standard InChI is InChI=1S/C21H21ClN4O3S/c1-14-19(24-21(30-14)17-6-3-11-29-17)20(28)23-13-18(27)26-9-7-25(8-10-26)16-5-2-4-15(22)12-16/h2-6,11-12H,7-10,13H2,1H3,(H,23,28). The highest BCUT2D eigenvalue weighted by molar-refractivity contribution is 7.15. The summed E-state index contributed by atoms with van der Waals surface area (Å²) in [5.41, 5.74) is 1.37. The third-order valence-corrected chi connectivity index (χ3v) is 6.17. The molecule has 0 spiro atoms. The molecule has 156 valence electrons. The molecule has 0 aliphatic carbocycles. The second kappa shape index (κ2) is 8.89. The molecule has 1 fully saturated rings. The largest absolute Gasteiger partial charge is 0.462 e. The first kappa shape index (κ1) is 20.4. The van der Waals surface area contributed by atoms with Gasteiger partial charge in [0, 0.05) is 41.8 Å². The summed E-state index contributed by atoms with van der Waals surface area (Å²) >= 11 is 7.45. The highest BCUT2D eigenvalue weighted by Crippen LogP contribution is 2.27. The molecule has 1 aliphatic rings. The zero-order valence-electron chi connectivity index (χ0n) is 16.4. The van der Waals surface area contributed by atoms with Gasteiger partial charge in [-0.15, -0.1) is 11.3 Å². The van der Waals surface area contributed by atoms with Crippen LogP contribution in [-0.4, -0.2) is 54.4 Å². The van der Waals surface area contributed by atoms with Crippen LogP contribution < -0.4 is 10.2 Å². The average Bonchev–Trinajstić information content (AvgIpc) is 3.42. The smallest absolute Gasteiger partial charge is 0.271 e. The quantitative estimate of drug-likeness (QED) is 0.652. The van der Waals surface area contributed by atoms with E-state index >= 15 is 0 Å². The molecular formula is C21H21ClN4O3S. The highest BCUT2D eigenvalue weighted by atomic mass is 35.5. The molecule has 1 saturated heterocycles. The van der Waals surface area contributed by atoms with Gasteiger partial charge in [0.2, 0.25) is 5.91 Å². The van der Waals surface area contributed by atoms with Gasteiger partial charge in [-0.2, -0.15) is 0 Å². The Labute approximate surface area is 183 Å². The molecule has 1 aromatic carbocycles. The van der Waals surface area contributed by atoms with E-state index in [1.807, 2.05) is 31.2 Å². The zero-order chi connectivity index (χ0) is 21.1. The molecule has 4 rings (SSSR count). The fourth-order valence-corrected chi connectivity index (χ4v) is 4.41. The van der Waals surface area contributed by atoms with Gasteiger partial charge in [0.15, 0.2) is 10.8 Å². The van der Waals surface area contributed by atoms with E-state index in [-0.39, 0.29) is 18.4 Å². The highest BCUT2D eigenvalue weighted by Gasteiger charge is 2.23. The van der Waals surface area contributed by atoms with Gasteiger partial charge < -0.3 is 19.5 Å². The third-order valence-electron chi connectivity index (χ3n) is 4.95. The first-order valence-electron chi connectivity index (χ1n) is 9.59. The molecule has 2 amide bonds. The molecular weight excluding hydrogens is 424 g/mol. The second-order valence-electron chi connectivity index (χ2n) is 6.93. The number of hydrogen-bond donors (Lipinski definition) is 1. The van der Waals surface area contributed by atoms with Gasteiger partial charge in [-0.05, 0) is 37.3 Å². The van der Waals surface area contributed by atoms with Crippen LogP contribution in [0.2, 0.25) is 5.02 Å². The molecule has 0 atom stereocenters. The van der Waals surface area contributed by atoms with Gasteiger partial charge in [0.05, 0.1) is 12.8 Å². The molecule has 0 bridgehead atoms. The molecule has 30 heavy (non-hydrogen) atoms. The maximum absolute atomic E-state index is 12.5. The van der Waals surface area contributed by atoms with Gasteiger partial charge in [-0.1, -0.05) is 17.7 Å². The Morgan fingerprint density at radius 3 is 2.70 bits per heavy atom. The van der Waals surface area contributed by atoms with Gasteiger partial charge in [0.1, 0.15) is 5.69 Å². The lowest BCUT2D eigenvalue weighted by atomic mass is 10.2. The summed E-state index contributed by atoms with van der Waals surface area (Å²) in [7, 11) is 0. The monoisotopic (exact) mass is 444 g/mol. The van der Waals surface area contributed by atoms with Crippen molar-refractivity contribution in [1.82, 2.24) is 15.2 Å². The summed E-state index contributed by atoms with van der Waals surface area (Å²) in [6.45, 7) is 4.41. The fourth-order valence-electron chi connectivity index (χ4n) is 3.35. The predicted molar refractivity (Wildman–Crippen MR) is 117 cm³/mol. The van der Waals surface area contributed by atoms with Crippen molar-refractivity contribution in [2.24, 2.45) is 0 Å². The van der Waals surface area contributed by atoms with Gasteiger partial charge in [-0.3, -0.25) is 9.59 Å². The molecule has 3 heterocycles. The molecule has 1 aliphatic heterocycles. The number of amides is 2. The normalized spacial score (nSPS) is 14.1. The maximum Gasteiger partial charge on any atom is 0.271 e. The number of piperazine rings is 1. The van der Waals surface area contributed by atoms with E-state index in [1.165, 1.54) is 11.3 Å². The summed E-state index contributed by atoms with van der Waals surface area (Å²) in [6, 6.07) is 11.3. The van der Waals surface area contributed by atoms with E-state index in [9.17, 15) is 9.59 Å². The van der Waals surface area contributed by atoms with Crippen molar-refractivity contribution in [2.45, 2.75) is 6.92 Å². The lowest BCUT2D eigenvalue weighted by Gasteiger charge is -2.36. The van der Waals surface area contributed by atoms with E-state index in [2.05, 4.69) is 15.2 Å². The first-order valence-corrected chi connectivity index (χ1v) is 10.8. The summed E-state index contributed by atoms with van der Waals surface area (Å²) in [5, 5.41) is 4.04. The van der Waals surface area contributed by atoms with Crippen LogP contribution in [0.15, 0.2) is 47.1 Å². The van der Waals surface area contributed by atoms with Crippen LogP contribution in [0.3, 0.4) is 0 Å². The lowest BCUT2D eigenvalue weighted by Crippen LogP contribution is -2.51. The number of thiazole rings is 1. The van der Waals surface area contributed by atoms with Crippen molar-refractivity contribution < 1.29 is 14.0 Å². The van der Waals surface area contributed by atoms with Crippen molar-refractivity contribution in [3.8, 4) is 10.8 Å². The van der Waals surface area contributed by atoms with Crippen LogP contribution in [0.4, 0.5) is 5.69 Å². The number of hydrogen-bond acceptors (Lipinski definition) is 6. The SMILES string of the molecule is Cc1sc(-c2ccco2)nc1C(=O)NCC(=O)N1CCN(c2cccc(Cl)c2)CC1. The minimum absolute atomic E-state index is 0.0525. The van der Waals surface area contributed by atoms with Gasteiger partial charge in [0.25, 0.3) is 5.91 Å². The maximum atomic E-state index is 12.5. The number of halogens is 1. The molecule has 9 heteroatoms. The van der Waals surface area contributed by atoms with E-state index in [4.69, 9.17) is 16.0 Å². The van der Waals surface area contributed by atoms with Crippen LogP contribution >= 0.6 is 22.9 Å². The molecule has 0 unspecified atom stereocenters. The van der Waals surface area contributed by atoms with Crippen molar-refractivity contribution in [3.05, 3.63) is 58.3 Å². The van der Waals surface area contributed by atoms with Crippen LogP contribution in [0, 0.1) is 6.92 Å². The van der Waals surface area contributed by atoms with E-state index < -0.39 is 0 Å². The molecule has 0 radical (unpaired) electrons. The van der Waals surface area contributed by atoms with E-state index in [1.54, 1.807) is 23.3 Å². The summed E-state index contributed by atoms with van der Waals surface area (Å²) in [4.78, 5) is 34.2. The second-order valence-corrected chi connectivity index (χ2v) is 8.57. The Morgan fingerprint density at radius 2 is 2.00 bits per heavy atom. The number of carbonyl (C=O) groups is 2. The third kappa shape index (κ3) is 4.49. The number of rotatable bonds is 5. The topological polar surface area (TPSA) is 78.7 Å². The number of benzene rings is 1. The minimum Gasteiger partial charge on any atom is -0.462 e. The Kier molecular flexibility index (Phi) is 6.06. The summed E-state index contributed by atoms with van der Waals surface area (Å²) in [5.74, 6) is 0.163. The van der Waals surface area contributed by atoms with Crippen molar-refractivity contribution in [3.63, 3.8) is 0 Å².